The van der Waals surface area contributed by atoms with Gasteiger partial charge < -0.3 is 10.6 Å². The zero-order valence-corrected chi connectivity index (χ0v) is 14.4. The second-order valence-corrected chi connectivity index (χ2v) is 6.56. The highest BCUT2D eigenvalue weighted by Gasteiger charge is 2.37. The van der Waals surface area contributed by atoms with Gasteiger partial charge in [0, 0.05) is 24.7 Å². The van der Waals surface area contributed by atoms with Crippen LogP contribution in [0.5, 0.6) is 0 Å². The number of hydrogen-bond donors (Lipinski definition) is 1. The first-order valence-electron chi connectivity index (χ1n) is 8.44. The maximum atomic E-state index is 14.3. The molecule has 9 heteroatoms. The van der Waals surface area contributed by atoms with Gasteiger partial charge in [0.25, 0.3) is 5.91 Å². The molecule has 0 saturated carbocycles. The summed E-state index contributed by atoms with van der Waals surface area (Å²) in [5.74, 6) is -2.20. The van der Waals surface area contributed by atoms with E-state index in [1.54, 1.807) is 6.29 Å². The lowest BCUT2D eigenvalue weighted by atomic mass is 10.0. The van der Waals surface area contributed by atoms with Crippen LogP contribution in [0.15, 0.2) is 36.7 Å². The Labute approximate surface area is 157 Å². The van der Waals surface area contributed by atoms with Gasteiger partial charge in [-0.1, -0.05) is 0 Å². The van der Waals surface area contributed by atoms with E-state index in [0.717, 1.165) is 18.2 Å². The highest BCUT2D eigenvalue weighted by Crippen LogP contribution is 2.41. The van der Waals surface area contributed by atoms with Crippen molar-refractivity contribution in [2.75, 3.05) is 11.4 Å². The van der Waals surface area contributed by atoms with Crippen molar-refractivity contribution in [1.29, 1.82) is 0 Å². The molecule has 1 radical (unpaired) electrons. The quantitative estimate of drug-likeness (QED) is 0.746. The number of aromatic nitrogens is 2. The summed E-state index contributed by atoms with van der Waals surface area (Å²) in [6, 6.07) is 3.60. The number of carbonyl (C=O) groups is 1. The molecule has 0 aliphatic carbocycles. The molecule has 3 aromatic rings. The number of carbonyl (C=O) groups excluding carboxylic acids is 2. The number of anilines is 1. The number of nitrogens with zero attached hydrogens (tertiary/aromatic N) is 3. The normalized spacial score (nSPS) is 19.3. The molecule has 2 N–H and O–H groups in total. The van der Waals surface area contributed by atoms with Gasteiger partial charge in [0.05, 0.1) is 34.6 Å². The molecule has 0 bridgehead atoms. The Morgan fingerprint density at radius 3 is 2.79 bits per heavy atom. The first-order valence-corrected chi connectivity index (χ1v) is 8.44. The summed E-state index contributed by atoms with van der Waals surface area (Å²) < 4.78 is 43.6. The highest BCUT2D eigenvalue weighted by molar-refractivity contribution is 6.08. The van der Waals surface area contributed by atoms with Crippen molar-refractivity contribution in [3.63, 3.8) is 0 Å². The molecule has 143 valence electrons. The molecule has 1 aliphatic rings. The molecule has 0 spiro atoms. The van der Waals surface area contributed by atoms with Crippen LogP contribution in [-0.4, -0.2) is 34.5 Å². The fourth-order valence-corrected chi connectivity index (χ4v) is 3.74. The van der Waals surface area contributed by atoms with Gasteiger partial charge in [-0.2, -0.15) is 5.10 Å². The van der Waals surface area contributed by atoms with Gasteiger partial charge in [-0.25, -0.2) is 17.7 Å². The van der Waals surface area contributed by atoms with Gasteiger partial charge in [0.15, 0.2) is 0 Å². The van der Waals surface area contributed by atoms with E-state index in [4.69, 9.17) is 5.73 Å². The summed E-state index contributed by atoms with van der Waals surface area (Å²) in [7, 11) is 0. The number of halogens is 3. The summed E-state index contributed by atoms with van der Waals surface area (Å²) in [5.41, 5.74) is 5.81. The predicted octanol–water partition coefficient (Wildman–Crippen LogP) is 2.46. The van der Waals surface area contributed by atoms with Crippen LogP contribution >= 0.6 is 0 Å². The van der Waals surface area contributed by atoms with Crippen LogP contribution in [-0.2, 0) is 4.79 Å². The molecule has 1 aliphatic heterocycles. The number of benzene rings is 1. The SMILES string of the molecule is NC(=O)c1c(N2CC(F)C[C@@H]2c2cc(F)ccc2F)ccn2ncc([C]=O)c12. The van der Waals surface area contributed by atoms with Crippen molar-refractivity contribution in [3.05, 3.63) is 65.0 Å². The molecule has 2 aromatic heterocycles. The standard InChI is InChI=1S/C19H14F3N4O2/c20-11-1-2-14(22)13(5-11)16-6-12(21)8-25(16)15-3-4-26-18(17(15)19(23)28)10(9-27)7-24-26/h1-5,7,12,16H,6,8H2,(H2,23,28)/t12?,16-/m1/s1. The largest absolute Gasteiger partial charge is 0.365 e. The lowest BCUT2D eigenvalue weighted by Crippen LogP contribution is -2.28. The van der Waals surface area contributed by atoms with Crippen molar-refractivity contribution >= 4 is 23.4 Å². The Morgan fingerprint density at radius 2 is 2.07 bits per heavy atom. The van der Waals surface area contributed by atoms with E-state index in [0.29, 0.717) is 0 Å². The molecule has 1 aromatic carbocycles. The van der Waals surface area contributed by atoms with E-state index in [2.05, 4.69) is 5.10 Å². The minimum absolute atomic E-state index is 0.0140. The summed E-state index contributed by atoms with van der Waals surface area (Å²) in [6.07, 6.45) is 2.97. The van der Waals surface area contributed by atoms with Crippen LogP contribution in [0.3, 0.4) is 0 Å². The van der Waals surface area contributed by atoms with Crippen molar-refractivity contribution in [1.82, 2.24) is 9.61 Å². The highest BCUT2D eigenvalue weighted by atomic mass is 19.1. The summed E-state index contributed by atoms with van der Waals surface area (Å²) >= 11 is 0. The number of rotatable bonds is 4. The van der Waals surface area contributed by atoms with Crippen LogP contribution in [0.4, 0.5) is 18.9 Å². The van der Waals surface area contributed by atoms with Gasteiger partial charge in [-0.3, -0.25) is 9.59 Å². The van der Waals surface area contributed by atoms with Crippen LogP contribution in [0.1, 0.15) is 33.9 Å². The summed E-state index contributed by atoms with van der Waals surface area (Å²) in [5, 5.41) is 3.96. The van der Waals surface area contributed by atoms with Gasteiger partial charge >= 0.3 is 0 Å². The van der Waals surface area contributed by atoms with Crippen LogP contribution in [0.25, 0.3) is 5.52 Å². The first kappa shape index (κ1) is 18.0. The molecule has 6 nitrogen and oxygen atoms in total. The van der Waals surface area contributed by atoms with Crippen LogP contribution in [0.2, 0.25) is 0 Å². The number of nitrogens with two attached hydrogens (primary N) is 1. The third kappa shape index (κ3) is 2.79. The maximum Gasteiger partial charge on any atom is 0.253 e. The van der Waals surface area contributed by atoms with E-state index < -0.39 is 29.8 Å². The number of alkyl halides is 1. The van der Waals surface area contributed by atoms with E-state index in [1.165, 1.54) is 27.9 Å². The monoisotopic (exact) mass is 387 g/mol. The van der Waals surface area contributed by atoms with Gasteiger partial charge in [0.1, 0.15) is 17.8 Å². The third-order valence-electron chi connectivity index (χ3n) is 4.89. The summed E-state index contributed by atoms with van der Waals surface area (Å²) in [4.78, 5) is 24.9. The fraction of sp³-hybridized carbons (Fsp3) is 0.211. The molecular weight excluding hydrogens is 373 g/mol. The third-order valence-corrected chi connectivity index (χ3v) is 4.89. The van der Waals surface area contributed by atoms with Crippen molar-refractivity contribution in [2.45, 2.75) is 18.6 Å². The minimum Gasteiger partial charge on any atom is -0.365 e. The Balaban J connectivity index is 1.92. The zero-order valence-electron chi connectivity index (χ0n) is 14.4. The predicted molar refractivity (Wildman–Crippen MR) is 94.5 cm³/mol. The lowest BCUT2D eigenvalue weighted by Gasteiger charge is -2.28. The van der Waals surface area contributed by atoms with Crippen molar-refractivity contribution in [2.24, 2.45) is 5.73 Å². The van der Waals surface area contributed by atoms with Crippen molar-refractivity contribution < 1.29 is 22.8 Å². The Morgan fingerprint density at radius 1 is 1.29 bits per heavy atom. The Bertz CT molecular complexity index is 1100. The zero-order chi connectivity index (χ0) is 20.0. The van der Waals surface area contributed by atoms with Crippen molar-refractivity contribution in [3.8, 4) is 0 Å². The van der Waals surface area contributed by atoms with Gasteiger partial charge in [-0.15, -0.1) is 0 Å². The van der Waals surface area contributed by atoms with Gasteiger partial charge in [-0.05, 0) is 24.3 Å². The molecule has 1 saturated heterocycles. The molecule has 2 atom stereocenters. The number of amides is 1. The average molecular weight is 387 g/mol. The molecule has 1 unspecified atom stereocenters. The first-order chi connectivity index (χ1) is 13.4. The number of pyridine rings is 1. The molecule has 4 rings (SSSR count). The van der Waals surface area contributed by atoms with Crippen LogP contribution in [0, 0.1) is 11.6 Å². The topological polar surface area (TPSA) is 80.7 Å². The maximum absolute atomic E-state index is 14.3. The fourth-order valence-electron chi connectivity index (χ4n) is 3.74. The molecule has 1 fully saturated rings. The Kier molecular flexibility index (Phi) is 4.29. The number of primary amides is 1. The average Bonchev–Trinajstić information content (AvgIpc) is 3.25. The second-order valence-electron chi connectivity index (χ2n) is 6.56. The minimum atomic E-state index is -1.33. The molecule has 1 amide bonds. The van der Waals surface area contributed by atoms with Crippen LogP contribution < -0.4 is 10.6 Å². The lowest BCUT2D eigenvalue weighted by molar-refractivity contribution is 0.100. The molecule has 3 heterocycles. The second kappa shape index (κ2) is 6.66. The Hall–Kier alpha value is -3.36. The van der Waals surface area contributed by atoms with E-state index in [9.17, 15) is 22.8 Å². The molecule has 28 heavy (non-hydrogen) atoms. The van der Waals surface area contributed by atoms with E-state index >= 15 is 0 Å². The number of hydrogen-bond acceptors (Lipinski definition) is 4. The molecular formula is C19H14F3N4O2. The van der Waals surface area contributed by atoms with Gasteiger partial charge in [0.2, 0.25) is 6.29 Å². The summed E-state index contributed by atoms with van der Waals surface area (Å²) in [6.45, 7) is -0.147. The smallest absolute Gasteiger partial charge is 0.253 e. The van der Waals surface area contributed by atoms with E-state index in [-0.39, 0.29) is 40.9 Å². The van der Waals surface area contributed by atoms with E-state index in [1.807, 2.05) is 0 Å². The number of fused-ring (bicyclic) bond motifs is 1.